The van der Waals surface area contributed by atoms with Gasteiger partial charge in [-0.1, -0.05) is 12.1 Å². The average Bonchev–Trinajstić information content (AvgIpc) is 2.15. The number of para-hydroxylation sites is 1. The Bertz CT molecular complexity index is 372. The minimum atomic E-state index is -4.32. The average molecular weight is 231 g/mol. The van der Waals surface area contributed by atoms with Gasteiger partial charge in [-0.15, -0.1) is 0 Å². The van der Waals surface area contributed by atoms with Crippen molar-refractivity contribution in [3.8, 4) is 0 Å². The molecule has 1 N–H and O–H groups in total. The molecule has 1 aromatic carbocycles. The minimum absolute atomic E-state index is 0.0324. The van der Waals surface area contributed by atoms with Gasteiger partial charge in [0, 0.05) is 31.3 Å². The molecule has 5 heteroatoms. The van der Waals surface area contributed by atoms with E-state index in [2.05, 4.69) is 0 Å². The molecule has 0 aliphatic carbocycles. The number of alkyl halides is 3. The molecule has 1 aliphatic rings. The van der Waals surface area contributed by atoms with Gasteiger partial charge in [-0.3, -0.25) is 0 Å². The quantitative estimate of drug-likeness (QED) is 0.842. The Balaban J connectivity index is 2.22. The zero-order valence-electron chi connectivity index (χ0n) is 8.54. The molecule has 0 bridgehead atoms. The molecule has 0 unspecified atom stereocenters. The summed E-state index contributed by atoms with van der Waals surface area (Å²) in [6.45, 7) is 1.01. The van der Waals surface area contributed by atoms with Gasteiger partial charge in [-0.05, 0) is 12.1 Å². The molecule has 2 rings (SSSR count). The Morgan fingerprint density at radius 2 is 1.88 bits per heavy atom. The van der Waals surface area contributed by atoms with Crippen molar-refractivity contribution >= 4 is 5.69 Å². The van der Waals surface area contributed by atoms with E-state index in [4.69, 9.17) is 5.11 Å². The molecule has 1 aliphatic heterocycles. The Morgan fingerprint density at radius 1 is 1.25 bits per heavy atom. The van der Waals surface area contributed by atoms with Crippen LogP contribution in [0.5, 0.6) is 0 Å². The predicted octanol–water partition coefficient (Wildman–Crippen LogP) is 2.13. The van der Waals surface area contributed by atoms with E-state index in [0.29, 0.717) is 13.1 Å². The van der Waals surface area contributed by atoms with Crippen LogP contribution >= 0.6 is 0 Å². The third-order valence-corrected chi connectivity index (χ3v) is 2.77. The number of rotatable bonds is 2. The second kappa shape index (κ2) is 3.97. The summed E-state index contributed by atoms with van der Waals surface area (Å²) >= 11 is 0. The summed E-state index contributed by atoms with van der Waals surface area (Å²) in [5.74, 6) is 0.0984. The lowest BCUT2D eigenvalue weighted by Gasteiger charge is -2.41. The lowest BCUT2D eigenvalue weighted by molar-refractivity contribution is -0.137. The van der Waals surface area contributed by atoms with Crippen LogP contribution in [0.15, 0.2) is 24.3 Å². The number of nitrogens with zero attached hydrogens (tertiary/aromatic N) is 1. The first kappa shape index (κ1) is 11.3. The molecule has 0 saturated carbocycles. The van der Waals surface area contributed by atoms with Crippen molar-refractivity contribution < 1.29 is 18.3 Å². The lowest BCUT2D eigenvalue weighted by Crippen LogP contribution is -2.49. The van der Waals surface area contributed by atoms with Crippen molar-refractivity contribution in [2.75, 3.05) is 24.6 Å². The fourth-order valence-corrected chi connectivity index (χ4v) is 1.87. The molecule has 0 atom stereocenters. The second-order valence-electron chi connectivity index (χ2n) is 3.97. The van der Waals surface area contributed by atoms with Crippen LogP contribution in [0.4, 0.5) is 18.9 Å². The van der Waals surface area contributed by atoms with Crippen LogP contribution in [0.1, 0.15) is 5.56 Å². The van der Waals surface area contributed by atoms with Crippen LogP contribution in [-0.4, -0.2) is 24.8 Å². The molecule has 0 radical (unpaired) electrons. The first-order valence-corrected chi connectivity index (χ1v) is 5.04. The van der Waals surface area contributed by atoms with Crippen LogP contribution in [0.3, 0.4) is 0 Å². The summed E-state index contributed by atoms with van der Waals surface area (Å²) in [6, 6.07) is 5.53. The first-order valence-electron chi connectivity index (χ1n) is 5.04. The van der Waals surface area contributed by atoms with E-state index in [9.17, 15) is 13.2 Å². The maximum atomic E-state index is 12.7. The summed E-state index contributed by atoms with van der Waals surface area (Å²) in [5, 5.41) is 8.83. The highest BCUT2D eigenvalue weighted by molar-refractivity contribution is 5.56. The van der Waals surface area contributed by atoms with E-state index in [1.807, 2.05) is 0 Å². The van der Waals surface area contributed by atoms with Gasteiger partial charge in [0.25, 0.3) is 0 Å². The molecule has 1 saturated heterocycles. The fourth-order valence-electron chi connectivity index (χ4n) is 1.87. The van der Waals surface area contributed by atoms with Crippen molar-refractivity contribution in [3.05, 3.63) is 29.8 Å². The van der Waals surface area contributed by atoms with Gasteiger partial charge < -0.3 is 10.0 Å². The molecule has 0 spiro atoms. The van der Waals surface area contributed by atoms with Crippen molar-refractivity contribution in [2.24, 2.45) is 5.92 Å². The largest absolute Gasteiger partial charge is 0.418 e. The molecule has 0 aromatic heterocycles. The SMILES string of the molecule is OCC1CN(c2ccccc2C(F)(F)F)C1. The molecule has 1 heterocycles. The number of hydrogen-bond donors (Lipinski definition) is 1. The maximum absolute atomic E-state index is 12.7. The van der Waals surface area contributed by atoms with Crippen LogP contribution in [0.25, 0.3) is 0 Å². The second-order valence-corrected chi connectivity index (χ2v) is 3.97. The van der Waals surface area contributed by atoms with Crippen LogP contribution < -0.4 is 4.90 Å². The van der Waals surface area contributed by atoms with Gasteiger partial charge >= 0.3 is 6.18 Å². The smallest absolute Gasteiger partial charge is 0.396 e. The van der Waals surface area contributed by atoms with Crippen LogP contribution in [0.2, 0.25) is 0 Å². The zero-order chi connectivity index (χ0) is 11.8. The number of halogens is 3. The number of hydrogen-bond acceptors (Lipinski definition) is 2. The van der Waals surface area contributed by atoms with Crippen LogP contribution in [-0.2, 0) is 6.18 Å². The monoisotopic (exact) mass is 231 g/mol. The van der Waals surface area contributed by atoms with Gasteiger partial charge in [0.1, 0.15) is 0 Å². The molecule has 16 heavy (non-hydrogen) atoms. The first-order chi connectivity index (χ1) is 7.52. The van der Waals surface area contributed by atoms with Crippen molar-refractivity contribution in [3.63, 3.8) is 0 Å². The van der Waals surface area contributed by atoms with Crippen molar-refractivity contribution in [1.82, 2.24) is 0 Å². The van der Waals surface area contributed by atoms with Gasteiger partial charge in [-0.2, -0.15) is 13.2 Å². The minimum Gasteiger partial charge on any atom is -0.396 e. The Morgan fingerprint density at radius 3 is 2.44 bits per heavy atom. The highest BCUT2D eigenvalue weighted by Crippen LogP contribution is 2.38. The Hall–Kier alpha value is -1.23. The standard InChI is InChI=1S/C11H12F3NO/c12-11(13,14)9-3-1-2-4-10(9)15-5-8(6-15)7-16/h1-4,8,16H,5-7H2. The Labute approximate surface area is 91.3 Å². The summed E-state index contributed by atoms with van der Waals surface area (Å²) in [6.07, 6.45) is -4.32. The highest BCUT2D eigenvalue weighted by Gasteiger charge is 2.37. The van der Waals surface area contributed by atoms with E-state index in [1.54, 1.807) is 11.0 Å². The van der Waals surface area contributed by atoms with Gasteiger partial charge in [0.2, 0.25) is 0 Å². The number of aliphatic hydroxyl groups excluding tert-OH is 1. The summed E-state index contributed by atoms with van der Waals surface area (Å²) < 4.78 is 38.0. The Kier molecular flexibility index (Phi) is 2.80. The highest BCUT2D eigenvalue weighted by atomic mass is 19.4. The summed E-state index contributed by atoms with van der Waals surface area (Å²) in [4.78, 5) is 1.64. The molecule has 88 valence electrons. The number of benzene rings is 1. The van der Waals surface area contributed by atoms with Crippen LogP contribution in [0, 0.1) is 5.92 Å². The molecular formula is C11H12F3NO. The molecule has 1 aromatic rings. The maximum Gasteiger partial charge on any atom is 0.418 e. The molecular weight excluding hydrogens is 219 g/mol. The van der Waals surface area contributed by atoms with Gasteiger partial charge in [0.15, 0.2) is 0 Å². The van der Waals surface area contributed by atoms with Crippen molar-refractivity contribution in [2.45, 2.75) is 6.18 Å². The zero-order valence-corrected chi connectivity index (χ0v) is 8.54. The molecule has 1 fully saturated rings. The summed E-state index contributed by atoms with van der Waals surface area (Å²) in [5.41, 5.74) is -0.397. The third-order valence-electron chi connectivity index (χ3n) is 2.77. The van der Waals surface area contributed by atoms with E-state index in [-0.39, 0.29) is 18.2 Å². The van der Waals surface area contributed by atoms with E-state index in [0.717, 1.165) is 6.07 Å². The van der Waals surface area contributed by atoms with Crippen molar-refractivity contribution in [1.29, 1.82) is 0 Å². The van der Waals surface area contributed by atoms with E-state index < -0.39 is 11.7 Å². The molecule has 2 nitrogen and oxygen atoms in total. The van der Waals surface area contributed by atoms with Gasteiger partial charge in [-0.25, -0.2) is 0 Å². The van der Waals surface area contributed by atoms with E-state index in [1.165, 1.54) is 12.1 Å². The number of anilines is 1. The van der Waals surface area contributed by atoms with E-state index >= 15 is 0 Å². The predicted molar refractivity (Wildman–Crippen MR) is 54.2 cm³/mol. The normalized spacial score (nSPS) is 17.4. The van der Waals surface area contributed by atoms with Gasteiger partial charge in [0.05, 0.1) is 5.56 Å². The topological polar surface area (TPSA) is 23.5 Å². The fraction of sp³-hybridized carbons (Fsp3) is 0.455. The third kappa shape index (κ3) is 2.00. The number of aliphatic hydroxyl groups is 1. The molecule has 0 amide bonds. The lowest BCUT2D eigenvalue weighted by atomic mass is 9.98. The summed E-state index contributed by atoms with van der Waals surface area (Å²) in [7, 11) is 0.